The summed E-state index contributed by atoms with van der Waals surface area (Å²) in [4.78, 5) is 50.5. The van der Waals surface area contributed by atoms with Crippen molar-refractivity contribution >= 4 is 48.2 Å². The Kier molecular flexibility index (Phi) is 9.02. The average Bonchev–Trinajstić information content (AvgIpc) is 3.22. The number of pyridine rings is 1. The van der Waals surface area contributed by atoms with Crippen LogP contribution in [-0.4, -0.2) is 58.9 Å². The van der Waals surface area contributed by atoms with E-state index in [9.17, 15) is 14.2 Å². The van der Waals surface area contributed by atoms with Gasteiger partial charge in [0.15, 0.2) is 17.2 Å². The van der Waals surface area contributed by atoms with Crippen LogP contribution in [0.3, 0.4) is 0 Å². The molecule has 1 aliphatic rings. The van der Waals surface area contributed by atoms with Crippen molar-refractivity contribution in [1.82, 2.24) is 9.88 Å². The number of carbonyl (C=O) groups is 2. The number of para-hydroxylation sites is 1. The van der Waals surface area contributed by atoms with E-state index in [1.807, 2.05) is 43.3 Å². The lowest BCUT2D eigenvalue weighted by molar-refractivity contribution is -0.125. The quantitative estimate of drug-likeness (QED) is 0.164. The topological polar surface area (TPSA) is 164 Å². The van der Waals surface area contributed by atoms with E-state index in [4.69, 9.17) is 23.7 Å². The van der Waals surface area contributed by atoms with Gasteiger partial charge in [0.25, 0.3) is 0 Å². The molecular weight excluding hydrogens is 591 g/mol. The fourth-order valence-corrected chi connectivity index (χ4v) is 4.94. The van der Waals surface area contributed by atoms with E-state index in [0.717, 1.165) is 15.8 Å². The molecule has 0 atom stereocenters. The summed E-state index contributed by atoms with van der Waals surface area (Å²) in [6.07, 6.45) is 4.53. The average molecular weight is 623 g/mol. The van der Waals surface area contributed by atoms with Crippen molar-refractivity contribution in [2.24, 2.45) is 0 Å². The van der Waals surface area contributed by atoms with Crippen molar-refractivity contribution in [2.75, 3.05) is 37.6 Å². The molecule has 5 rings (SSSR count). The zero-order valence-corrected chi connectivity index (χ0v) is 25.1. The first-order valence-corrected chi connectivity index (χ1v) is 15.1. The summed E-state index contributed by atoms with van der Waals surface area (Å²) in [6.45, 7) is 1.76. The molecule has 0 bridgehead atoms. The summed E-state index contributed by atoms with van der Waals surface area (Å²) in [7, 11) is -1.52. The number of carbonyl (C=O) groups excluding carboxylic acids is 2. The molecule has 3 heterocycles. The van der Waals surface area contributed by atoms with E-state index >= 15 is 0 Å². The van der Waals surface area contributed by atoms with E-state index in [2.05, 4.69) is 14.8 Å². The third-order valence-corrected chi connectivity index (χ3v) is 7.35. The highest BCUT2D eigenvalue weighted by molar-refractivity contribution is 7.46. The molecule has 13 nitrogen and oxygen atoms in total. The number of aromatic nitrogens is 1. The van der Waals surface area contributed by atoms with Crippen molar-refractivity contribution in [2.45, 2.75) is 19.9 Å². The number of aryl methyl sites for hydroxylation is 1. The number of amides is 2. The molecule has 0 spiro atoms. The van der Waals surface area contributed by atoms with Gasteiger partial charge in [-0.05, 0) is 42.8 Å². The lowest BCUT2D eigenvalue weighted by Gasteiger charge is -2.21. The fraction of sp³-hybridized carbons (Fsp3) is 0.233. The molecule has 0 fully saturated rings. The number of hydrogen-bond acceptors (Lipinski definition) is 9. The first kappa shape index (κ1) is 30.8. The Morgan fingerprint density at radius 2 is 1.98 bits per heavy atom. The summed E-state index contributed by atoms with van der Waals surface area (Å²) in [5.74, 6) is 1.96. The van der Waals surface area contributed by atoms with Crippen LogP contribution in [0.1, 0.15) is 23.3 Å². The molecule has 0 aliphatic carbocycles. The predicted octanol–water partition coefficient (Wildman–Crippen LogP) is 4.82. The SMILES string of the molecule is COc1cccc(Oc2cccc3c(CN(C)C(=O)C=Cc4cnc5c(c4)NCCC(=O)N5COP(=O)(O)O)c(C)oc23)c1. The Bertz CT molecular complexity index is 1780. The molecule has 0 saturated carbocycles. The highest BCUT2D eigenvalue weighted by Crippen LogP contribution is 2.38. The minimum absolute atomic E-state index is 0.0755. The molecule has 4 aromatic rings. The molecule has 1 aliphatic heterocycles. The van der Waals surface area contributed by atoms with Crippen molar-refractivity contribution < 1.29 is 42.4 Å². The zero-order chi connectivity index (χ0) is 31.4. The van der Waals surface area contributed by atoms with Crippen LogP contribution in [0.4, 0.5) is 11.5 Å². The van der Waals surface area contributed by atoms with Crippen LogP contribution in [0.25, 0.3) is 17.0 Å². The van der Waals surface area contributed by atoms with Gasteiger partial charge in [-0.15, -0.1) is 0 Å². The van der Waals surface area contributed by atoms with E-state index in [1.54, 1.807) is 37.3 Å². The van der Waals surface area contributed by atoms with Crippen molar-refractivity contribution in [3.63, 3.8) is 0 Å². The van der Waals surface area contributed by atoms with Gasteiger partial charge in [0.05, 0.1) is 12.8 Å². The number of nitrogens with zero attached hydrogens (tertiary/aromatic N) is 3. The summed E-state index contributed by atoms with van der Waals surface area (Å²) >= 11 is 0. The Balaban J connectivity index is 1.30. The molecule has 14 heteroatoms. The molecule has 0 saturated heterocycles. The van der Waals surface area contributed by atoms with Gasteiger partial charge in [0, 0.05) is 55.8 Å². The lowest BCUT2D eigenvalue weighted by Crippen LogP contribution is -2.32. The molecule has 2 amide bonds. The summed E-state index contributed by atoms with van der Waals surface area (Å²) in [6, 6.07) is 14.5. The first-order chi connectivity index (χ1) is 21.0. The standard InChI is InChI=1S/C30H31N4O9P/c1-19-24(23-8-5-9-26(29(23)42-19)43-22-7-4-6-21(15-22)40-3)17-33(2)27(35)11-10-20-14-25-30(32-16-20)34(18-41-44(37,38)39)28(36)12-13-31-25/h4-11,14-16,31H,12-13,17-18H2,1-3H3,(H2,37,38,39). The van der Waals surface area contributed by atoms with Crippen LogP contribution in [0.5, 0.6) is 17.2 Å². The maximum atomic E-state index is 13.1. The number of ether oxygens (including phenoxy) is 2. The van der Waals surface area contributed by atoms with Crippen LogP contribution < -0.4 is 19.7 Å². The largest absolute Gasteiger partial charge is 0.497 e. The number of likely N-dealkylation sites (N-methyl/N-ethyl adjacent to an activating group) is 1. The zero-order valence-electron chi connectivity index (χ0n) is 24.2. The Morgan fingerprint density at radius 3 is 2.75 bits per heavy atom. The van der Waals surface area contributed by atoms with Crippen LogP contribution in [0, 0.1) is 6.92 Å². The maximum absolute atomic E-state index is 13.1. The van der Waals surface area contributed by atoms with Crippen LogP contribution >= 0.6 is 7.82 Å². The predicted molar refractivity (Wildman–Crippen MR) is 162 cm³/mol. The van der Waals surface area contributed by atoms with Gasteiger partial charge in [0.2, 0.25) is 11.8 Å². The van der Waals surface area contributed by atoms with E-state index in [0.29, 0.717) is 46.4 Å². The number of phosphoric ester groups is 1. The van der Waals surface area contributed by atoms with Gasteiger partial charge in [-0.2, -0.15) is 0 Å². The van der Waals surface area contributed by atoms with Crippen LogP contribution in [0.2, 0.25) is 0 Å². The maximum Gasteiger partial charge on any atom is 0.471 e. The second-order valence-corrected chi connectivity index (χ2v) is 11.2. The monoisotopic (exact) mass is 622 g/mol. The van der Waals surface area contributed by atoms with Crippen LogP contribution in [0.15, 0.2) is 65.2 Å². The molecule has 2 aromatic heterocycles. The third kappa shape index (κ3) is 7.09. The highest BCUT2D eigenvalue weighted by Gasteiger charge is 2.27. The highest BCUT2D eigenvalue weighted by atomic mass is 31.2. The minimum Gasteiger partial charge on any atom is -0.497 e. The van der Waals surface area contributed by atoms with Crippen molar-refractivity contribution in [3.8, 4) is 17.2 Å². The van der Waals surface area contributed by atoms with E-state index in [1.165, 1.54) is 12.3 Å². The third-order valence-electron chi connectivity index (χ3n) is 6.90. The Hall–Kier alpha value is -4.68. The molecule has 0 unspecified atom stereocenters. The molecule has 0 radical (unpaired) electrons. The number of phosphoric acid groups is 1. The number of nitrogens with one attached hydrogen (secondary N) is 1. The first-order valence-electron chi connectivity index (χ1n) is 13.5. The summed E-state index contributed by atoms with van der Waals surface area (Å²) in [5, 5.41) is 3.91. The Labute approximate surface area is 252 Å². The van der Waals surface area contributed by atoms with Crippen molar-refractivity contribution in [1.29, 1.82) is 0 Å². The molecule has 44 heavy (non-hydrogen) atoms. The van der Waals surface area contributed by atoms with Gasteiger partial charge in [-0.3, -0.25) is 19.0 Å². The van der Waals surface area contributed by atoms with Gasteiger partial charge in [-0.25, -0.2) is 9.55 Å². The smallest absolute Gasteiger partial charge is 0.471 e. The van der Waals surface area contributed by atoms with Gasteiger partial charge >= 0.3 is 7.82 Å². The molecule has 230 valence electrons. The van der Waals surface area contributed by atoms with E-state index < -0.39 is 20.5 Å². The summed E-state index contributed by atoms with van der Waals surface area (Å²) in [5.41, 5.74) is 2.45. The lowest BCUT2D eigenvalue weighted by atomic mass is 10.1. The number of furan rings is 1. The summed E-state index contributed by atoms with van der Waals surface area (Å²) < 4.78 is 33.1. The Morgan fingerprint density at radius 1 is 1.20 bits per heavy atom. The number of benzene rings is 2. The number of anilines is 2. The molecule has 3 N–H and O–H groups in total. The number of rotatable bonds is 10. The molecule has 2 aromatic carbocycles. The van der Waals surface area contributed by atoms with Gasteiger partial charge < -0.3 is 33.9 Å². The minimum atomic E-state index is -4.80. The second-order valence-electron chi connectivity index (χ2n) is 9.97. The normalized spacial score (nSPS) is 13.5. The van der Waals surface area contributed by atoms with Gasteiger partial charge in [-0.1, -0.05) is 18.2 Å². The number of methoxy groups -OCH3 is 1. The number of hydrogen-bond donors (Lipinski definition) is 3. The number of fused-ring (bicyclic) bond motifs is 2. The fourth-order valence-electron chi connectivity index (χ4n) is 4.67. The van der Waals surface area contributed by atoms with Gasteiger partial charge in [0.1, 0.15) is 24.0 Å². The van der Waals surface area contributed by atoms with Crippen LogP contribution in [-0.2, 0) is 25.2 Å². The van der Waals surface area contributed by atoms with E-state index in [-0.39, 0.29) is 24.7 Å². The second kappa shape index (κ2) is 12.9. The molecular formula is C30H31N4O9P. The van der Waals surface area contributed by atoms with Crippen molar-refractivity contribution in [3.05, 3.63) is 77.7 Å².